The van der Waals surface area contributed by atoms with Crippen molar-refractivity contribution >= 4 is 17.9 Å². The molecular formula is C30H57O6Pr. The smallest absolute Gasteiger partial charge is 0.550 e. The van der Waals surface area contributed by atoms with Gasteiger partial charge >= 0.3 is 41.3 Å². The Morgan fingerprint density at radius 1 is 0.486 bits per heavy atom. The van der Waals surface area contributed by atoms with Crippen LogP contribution < -0.4 is 15.3 Å². The molecule has 7 heteroatoms. The van der Waals surface area contributed by atoms with Crippen molar-refractivity contribution in [3.8, 4) is 0 Å². The van der Waals surface area contributed by atoms with Gasteiger partial charge in [0.25, 0.3) is 0 Å². The molecule has 0 aromatic rings. The van der Waals surface area contributed by atoms with Crippen LogP contribution >= 0.6 is 0 Å². The van der Waals surface area contributed by atoms with E-state index in [4.69, 9.17) is 0 Å². The zero-order chi connectivity index (χ0) is 28.8. The summed E-state index contributed by atoms with van der Waals surface area (Å²) in [5, 5.41) is 32.0. The maximum Gasteiger partial charge on any atom is 3.00 e. The maximum absolute atomic E-state index is 10.7. The number of carboxylic acid groups (broad SMARTS) is 3. The van der Waals surface area contributed by atoms with Gasteiger partial charge < -0.3 is 29.7 Å². The molecule has 0 fully saturated rings. The molecule has 0 bridgehead atoms. The van der Waals surface area contributed by atoms with Gasteiger partial charge in [0, 0.05) is 34.2 Å². The Morgan fingerprint density at radius 3 is 1.03 bits per heavy atom. The van der Waals surface area contributed by atoms with Crippen molar-refractivity contribution in [2.45, 2.75) is 159 Å². The van der Waals surface area contributed by atoms with Gasteiger partial charge in [0.15, 0.2) is 0 Å². The van der Waals surface area contributed by atoms with E-state index in [9.17, 15) is 29.7 Å². The average molecular weight is 655 g/mol. The van der Waals surface area contributed by atoms with E-state index < -0.39 is 34.2 Å². The summed E-state index contributed by atoms with van der Waals surface area (Å²) in [7, 11) is 0. The second kappa shape index (κ2) is 24.8. The zero-order valence-electron chi connectivity index (χ0n) is 25.6. The number of aliphatic carboxylic acids is 3. The summed E-state index contributed by atoms with van der Waals surface area (Å²) in [6.07, 6.45) is 14.6. The summed E-state index contributed by atoms with van der Waals surface area (Å²) in [5.41, 5.74) is -1.85. The van der Waals surface area contributed by atoms with E-state index in [-0.39, 0.29) is 41.3 Å². The number of carbonyl (C=O) groups is 3. The Balaban J connectivity index is -0.000000218. The van der Waals surface area contributed by atoms with Crippen molar-refractivity contribution in [3.63, 3.8) is 0 Å². The standard InChI is InChI=1S/3C10H20O2.Pr/c1-4-5-6-7-8-10(2,3)9(11)12;2*1-4-6-7-8-10(3,5-2)9(11)12;/h3*4-8H2,1-3H3,(H,11,12);/q;;;+3/p-3. The number of carbonyl (C=O) groups excluding carboxylic acids is 3. The van der Waals surface area contributed by atoms with E-state index in [0.717, 1.165) is 70.6 Å². The van der Waals surface area contributed by atoms with Crippen LogP contribution in [0, 0.1) is 57.5 Å². The van der Waals surface area contributed by atoms with E-state index in [1.807, 2.05) is 13.8 Å². The average Bonchev–Trinajstić information content (AvgIpc) is 2.82. The quantitative estimate of drug-likeness (QED) is 0.188. The van der Waals surface area contributed by atoms with Gasteiger partial charge in [-0.25, -0.2) is 0 Å². The molecule has 0 aliphatic rings. The first-order valence-corrected chi connectivity index (χ1v) is 14.3. The first-order valence-electron chi connectivity index (χ1n) is 14.3. The van der Waals surface area contributed by atoms with Crippen molar-refractivity contribution in [2.75, 3.05) is 0 Å². The Morgan fingerprint density at radius 2 is 0.784 bits per heavy atom. The SMILES string of the molecule is CCCCCC(C)(CC)C(=O)[O-].CCCCCC(C)(CC)C(=O)[O-].CCCCCCC(C)(C)C(=O)[O-].[Pr+3]. The molecule has 0 aromatic heterocycles. The van der Waals surface area contributed by atoms with E-state index in [0.29, 0.717) is 12.8 Å². The van der Waals surface area contributed by atoms with Crippen molar-refractivity contribution in [3.05, 3.63) is 0 Å². The number of rotatable bonds is 18. The van der Waals surface area contributed by atoms with Gasteiger partial charge in [0.2, 0.25) is 0 Å². The molecule has 216 valence electrons. The molecule has 37 heavy (non-hydrogen) atoms. The molecule has 2 atom stereocenters. The summed E-state index contributed by atoms with van der Waals surface area (Å²) in [4.78, 5) is 32.0. The van der Waals surface area contributed by atoms with Crippen molar-refractivity contribution in [2.24, 2.45) is 16.2 Å². The van der Waals surface area contributed by atoms with Crippen molar-refractivity contribution < 1.29 is 71.0 Å². The van der Waals surface area contributed by atoms with E-state index in [1.165, 1.54) is 12.8 Å². The summed E-state index contributed by atoms with van der Waals surface area (Å²) in [6.45, 7) is 17.2. The molecule has 0 heterocycles. The Hall–Kier alpha value is -0.226. The Bertz CT molecular complexity index is 559. The molecule has 0 aliphatic heterocycles. The molecule has 6 nitrogen and oxygen atoms in total. The normalized spacial score (nSPS) is 13.9. The minimum atomic E-state index is -0.931. The van der Waals surface area contributed by atoms with Gasteiger partial charge in [-0.2, -0.15) is 0 Å². The van der Waals surface area contributed by atoms with Crippen LogP contribution in [0.1, 0.15) is 159 Å². The maximum atomic E-state index is 10.7. The van der Waals surface area contributed by atoms with Crippen LogP contribution in [0.3, 0.4) is 0 Å². The molecule has 0 saturated carbocycles. The fraction of sp³-hybridized carbons (Fsp3) is 0.900. The van der Waals surface area contributed by atoms with E-state index in [2.05, 4.69) is 20.8 Å². The molecule has 0 rings (SSSR count). The summed E-state index contributed by atoms with van der Waals surface area (Å²) in [6, 6.07) is 0. The van der Waals surface area contributed by atoms with Gasteiger partial charge in [-0.1, -0.05) is 127 Å². The molecule has 0 N–H and O–H groups in total. The second-order valence-electron chi connectivity index (χ2n) is 11.3. The fourth-order valence-electron chi connectivity index (χ4n) is 3.47. The largest absolute Gasteiger partial charge is 3.00 e. The fourth-order valence-corrected chi connectivity index (χ4v) is 3.47. The molecule has 0 amide bonds. The molecule has 2 unspecified atom stereocenters. The topological polar surface area (TPSA) is 120 Å². The molecule has 0 spiro atoms. The predicted octanol–water partition coefficient (Wildman–Crippen LogP) is 5.20. The Kier molecular flexibility index (Phi) is 29.4. The first kappa shape index (κ1) is 43.8. The molecule has 0 aromatic carbocycles. The summed E-state index contributed by atoms with van der Waals surface area (Å²) < 4.78 is 0. The van der Waals surface area contributed by atoms with Gasteiger partial charge in [-0.3, -0.25) is 0 Å². The van der Waals surface area contributed by atoms with Gasteiger partial charge in [-0.05, 0) is 32.1 Å². The third-order valence-electron chi connectivity index (χ3n) is 7.42. The van der Waals surface area contributed by atoms with Crippen molar-refractivity contribution in [1.82, 2.24) is 0 Å². The van der Waals surface area contributed by atoms with Crippen LogP contribution in [0.2, 0.25) is 0 Å². The van der Waals surface area contributed by atoms with Crippen LogP contribution in [-0.2, 0) is 14.4 Å². The molecule has 0 saturated heterocycles. The molecular weight excluding hydrogens is 597 g/mol. The predicted molar refractivity (Wildman–Crippen MR) is 143 cm³/mol. The third kappa shape index (κ3) is 22.3. The first-order chi connectivity index (χ1) is 16.6. The summed E-state index contributed by atoms with van der Waals surface area (Å²) in [5.74, 6) is -2.73. The Labute approximate surface area is 262 Å². The minimum absolute atomic E-state index is 0. The van der Waals surface area contributed by atoms with E-state index in [1.54, 1.807) is 27.7 Å². The zero-order valence-corrected chi connectivity index (χ0v) is 29.3. The van der Waals surface area contributed by atoms with Gasteiger partial charge in [0.05, 0.1) is 0 Å². The molecule has 0 radical (unpaired) electrons. The van der Waals surface area contributed by atoms with E-state index >= 15 is 0 Å². The second-order valence-corrected chi connectivity index (χ2v) is 11.3. The van der Waals surface area contributed by atoms with Gasteiger partial charge in [0.1, 0.15) is 0 Å². The summed E-state index contributed by atoms with van der Waals surface area (Å²) >= 11 is 0. The van der Waals surface area contributed by atoms with Crippen LogP contribution in [0.4, 0.5) is 0 Å². The number of hydrogen-bond acceptors (Lipinski definition) is 6. The van der Waals surface area contributed by atoms with Crippen LogP contribution in [-0.4, -0.2) is 17.9 Å². The molecule has 0 aliphatic carbocycles. The monoisotopic (exact) mass is 654 g/mol. The van der Waals surface area contributed by atoms with Crippen LogP contribution in [0.25, 0.3) is 0 Å². The number of hydrogen-bond donors (Lipinski definition) is 0. The number of carboxylic acids is 3. The van der Waals surface area contributed by atoms with Gasteiger partial charge in [-0.15, -0.1) is 0 Å². The van der Waals surface area contributed by atoms with Crippen LogP contribution in [0.5, 0.6) is 0 Å². The van der Waals surface area contributed by atoms with Crippen LogP contribution in [0.15, 0.2) is 0 Å². The number of unbranched alkanes of at least 4 members (excludes halogenated alkanes) is 7. The van der Waals surface area contributed by atoms with Crippen molar-refractivity contribution in [1.29, 1.82) is 0 Å². The minimum Gasteiger partial charge on any atom is -0.550 e. The third-order valence-corrected chi connectivity index (χ3v) is 7.42.